The maximum Gasteiger partial charge on any atom is 0.338 e. The Balaban J connectivity index is 1.62. The fraction of sp³-hybridized carbons (Fsp3) is 0.391. The number of rotatable bonds is 7. The molecule has 3 rings (SSSR count). The molecule has 1 aliphatic rings. The van der Waals surface area contributed by atoms with E-state index in [1.807, 2.05) is 0 Å². The Morgan fingerprint density at radius 3 is 2.30 bits per heavy atom. The summed E-state index contributed by atoms with van der Waals surface area (Å²) in [6, 6.07) is 9.93. The number of nitrogens with zero attached hydrogens (tertiary/aromatic N) is 1. The summed E-state index contributed by atoms with van der Waals surface area (Å²) >= 11 is 12.3. The van der Waals surface area contributed by atoms with E-state index in [1.54, 1.807) is 50.2 Å². The number of piperidine rings is 1. The molecule has 0 radical (unpaired) electrons. The summed E-state index contributed by atoms with van der Waals surface area (Å²) in [6.45, 7) is 4.19. The van der Waals surface area contributed by atoms with Gasteiger partial charge in [-0.2, -0.15) is 0 Å². The molecule has 0 atom stereocenters. The summed E-state index contributed by atoms with van der Waals surface area (Å²) in [6.07, 6.45) is 0.774. The predicted molar refractivity (Wildman–Crippen MR) is 129 cm³/mol. The molecule has 0 bridgehead atoms. The zero-order valence-corrected chi connectivity index (χ0v) is 20.8. The number of hydrogen-bond donors (Lipinski definition) is 1. The van der Waals surface area contributed by atoms with Crippen molar-refractivity contribution < 1.29 is 22.7 Å². The van der Waals surface area contributed by atoms with E-state index in [2.05, 4.69) is 5.32 Å². The average Bonchev–Trinajstić information content (AvgIpc) is 2.78. The van der Waals surface area contributed by atoms with Gasteiger partial charge in [0, 0.05) is 40.3 Å². The monoisotopic (exact) mass is 512 g/mol. The fourth-order valence-corrected chi connectivity index (χ4v) is 6.09. The van der Waals surface area contributed by atoms with Crippen molar-refractivity contribution in [2.75, 3.05) is 25.0 Å². The Bertz CT molecular complexity index is 1130. The second kappa shape index (κ2) is 10.9. The third kappa shape index (κ3) is 6.06. The maximum absolute atomic E-state index is 12.9. The molecule has 1 saturated heterocycles. The van der Waals surface area contributed by atoms with Gasteiger partial charge in [0.15, 0.2) is 0 Å². The summed E-state index contributed by atoms with van der Waals surface area (Å²) in [5, 5.41) is 3.49. The van der Waals surface area contributed by atoms with Gasteiger partial charge in [0.25, 0.3) is 0 Å². The number of carbonyl (C=O) groups excluding carboxylic acids is 2. The lowest BCUT2D eigenvalue weighted by Gasteiger charge is -2.31. The molecular formula is C23H26Cl2N2O5S. The lowest BCUT2D eigenvalue weighted by Crippen LogP contribution is -2.42. The van der Waals surface area contributed by atoms with Crippen molar-refractivity contribution >= 4 is 50.8 Å². The largest absolute Gasteiger partial charge is 0.462 e. The standard InChI is InChI=1S/C23H26Cl2N2O5S/c1-3-32-23(29)17-6-4-9-21(15(17)2)26-22(28)16-10-12-27(13-11-16)33(30,31)14-18-19(24)7-5-8-20(18)25/h4-9,16H,3,10-14H2,1-2H3,(H,26,28). The van der Waals surface area contributed by atoms with Gasteiger partial charge in [-0.3, -0.25) is 4.79 Å². The van der Waals surface area contributed by atoms with Crippen molar-refractivity contribution in [2.24, 2.45) is 5.92 Å². The molecule has 1 heterocycles. The summed E-state index contributed by atoms with van der Waals surface area (Å²) in [5.41, 5.74) is 1.93. The summed E-state index contributed by atoms with van der Waals surface area (Å²) in [5.74, 6) is -1.28. The highest BCUT2D eigenvalue weighted by Crippen LogP contribution is 2.29. The molecule has 0 aliphatic carbocycles. The molecule has 1 amide bonds. The van der Waals surface area contributed by atoms with Crippen molar-refractivity contribution in [2.45, 2.75) is 32.4 Å². The van der Waals surface area contributed by atoms with Gasteiger partial charge in [-0.25, -0.2) is 17.5 Å². The van der Waals surface area contributed by atoms with Crippen molar-refractivity contribution in [1.82, 2.24) is 4.31 Å². The number of halogens is 2. The predicted octanol–water partition coefficient (Wildman–Crippen LogP) is 4.66. The van der Waals surface area contributed by atoms with E-state index in [0.29, 0.717) is 45.3 Å². The number of anilines is 1. The SMILES string of the molecule is CCOC(=O)c1cccc(NC(=O)C2CCN(S(=O)(=O)Cc3c(Cl)cccc3Cl)CC2)c1C. The first-order valence-corrected chi connectivity index (χ1v) is 13.0. The van der Waals surface area contributed by atoms with Crippen molar-refractivity contribution in [1.29, 1.82) is 0 Å². The second-order valence-electron chi connectivity index (χ2n) is 7.82. The van der Waals surface area contributed by atoms with Gasteiger partial charge < -0.3 is 10.1 Å². The first-order chi connectivity index (χ1) is 15.6. The number of ether oxygens (including phenoxy) is 1. The average molecular weight is 513 g/mol. The number of esters is 1. The highest BCUT2D eigenvalue weighted by molar-refractivity contribution is 7.88. The molecule has 0 unspecified atom stereocenters. The number of carbonyl (C=O) groups is 2. The minimum absolute atomic E-state index is 0.203. The molecule has 2 aromatic carbocycles. The van der Waals surface area contributed by atoms with Crippen LogP contribution in [-0.4, -0.2) is 44.3 Å². The molecule has 1 aliphatic heterocycles. The van der Waals surface area contributed by atoms with Gasteiger partial charge in [0.2, 0.25) is 15.9 Å². The topological polar surface area (TPSA) is 92.8 Å². The Labute approximate surface area is 204 Å². The third-order valence-electron chi connectivity index (χ3n) is 5.69. The normalized spacial score (nSPS) is 15.3. The van der Waals surface area contributed by atoms with E-state index in [-0.39, 0.29) is 37.3 Å². The minimum atomic E-state index is -3.64. The van der Waals surface area contributed by atoms with Crippen LogP contribution in [0.4, 0.5) is 5.69 Å². The number of nitrogens with one attached hydrogen (secondary N) is 1. The Kier molecular flexibility index (Phi) is 8.39. The number of hydrogen-bond acceptors (Lipinski definition) is 5. The van der Waals surface area contributed by atoms with E-state index >= 15 is 0 Å². The molecule has 0 aromatic heterocycles. The highest BCUT2D eigenvalue weighted by atomic mass is 35.5. The molecular weight excluding hydrogens is 487 g/mol. The summed E-state index contributed by atoms with van der Waals surface area (Å²) < 4.78 is 32.2. The second-order valence-corrected chi connectivity index (χ2v) is 10.6. The number of amides is 1. The molecule has 33 heavy (non-hydrogen) atoms. The molecule has 10 heteroatoms. The van der Waals surface area contributed by atoms with Crippen LogP contribution in [0.3, 0.4) is 0 Å². The van der Waals surface area contributed by atoms with E-state index in [9.17, 15) is 18.0 Å². The molecule has 1 fully saturated rings. The molecule has 0 spiro atoms. The van der Waals surface area contributed by atoms with E-state index < -0.39 is 16.0 Å². The van der Waals surface area contributed by atoms with Crippen LogP contribution in [0.5, 0.6) is 0 Å². The molecule has 0 saturated carbocycles. The van der Waals surface area contributed by atoms with Crippen LogP contribution >= 0.6 is 23.2 Å². The van der Waals surface area contributed by atoms with Crippen molar-refractivity contribution in [3.63, 3.8) is 0 Å². The third-order valence-corrected chi connectivity index (χ3v) is 8.21. The van der Waals surface area contributed by atoms with Gasteiger partial charge in [0.1, 0.15) is 0 Å². The Hall–Kier alpha value is -2.13. The van der Waals surface area contributed by atoms with Gasteiger partial charge in [-0.1, -0.05) is 35.3 Å². The zero-order valence-electron chi connectivity index (χ0n) is 18.4. The van der Waals surface area contributed by atoms with Gasteiger partial charge in [0.05, 0.1) is 17.9 Å². The Morgan fingerprint density at radius 1 is 1.09 bits per heavy atom. The van der Waals surface area contributed by atoms with Crippen molar-refractivity contribution in [3.05, 3.63) is 63.1 Å². The van der Waals surface area contributed by atoms with E-state index in [1.165, 1.54) is 4.31 Å². The summed E-state index contributed by atoms with van der Waals surface area (Å²) in [4.78, 5) is 24.9. The number of benzene rings is 2. The Morgan fingerprint density at radius 2 is 1.70 bits per heavy atom. The van der Waals surface area contributed by atoms with Crippen LogP contribution in [0.2, 0.25) is 10.0 Å². The highest BCUT2D eigenvalue weighted by Gasteiger charge is 2.32. The first kappa shape index (κ1) is 25.5. The van der Waals surface area contributed by atoms with Crippen LogP contribution in [0.15, 0.2) is 36.4 Å². The van der Waals surface area contributed by atoms with E-state index in [0.717, 1.165) is 0 Å². The van der Waals surface area contributed by atoms with Crippen LogP contribution in [0, 0.1) is 12.8 Å². The van der Waals surface area contributed by atoms with Crippen molar-refractivity contribution in [3.8, 4) is 0 Å². The minimum Gasteiger partial charge on any atom is -0.462 e. The maximum atomic E-state index is 12.9. The first-order valence-electron chi connectivity index (χ1n) is 10.6. The van der Waals surface area contributed by atoms with Gasteiger partial charge >= 0.3 is 5.97 Å². The number of sulfonamides is 1. The smallest absolute Gasteiger partial charge is 0.338 e. The zero-order chi connectivity index (χ0) is 24.2. The van der Waals surface area contributed by atoms with E-state index in [4.69, 9.17) is 27.9 Å². The van der Waals surface area contributed by atoms with Crippen LogP contribution in [0.25, 0.3) is 0 Å². The van der Waals surface area contributed by atoms with Gasteiger partial charge in [-0.05, 0) is 56.5 Å². The molecule has 7 nitrogen and oxygen atoms in total. The molecule has 1 N–H and O–H groups in total. The lowest BCUT2D eigenvalue weighted by atomic mass is 9.96. The quantitative estimate of drug-likeness (QED) is 0.544. The van der Waals surface area contributed by atoms with Gasteiger partial charge in [-0.15, -0.1) is 0 Å². The molecule has 2 aromatic rings. The lowest BCUT2D eigenvalue weighted by molar-refractivity contribution is -0.120. The van der Waals surface area contributed by atoms with Crippen LogP contribution < -0.4 is 5.32 Å². The fourth-order valence-electron chi connectivity index (χ4n) is 3.78. The summed E-state index contributed by atoms with van der Waals surface area (Å²) in [7, 11) is -3.64. The molecule has 178 valence electrons. The van der Waals surface area contributed by atoms with Crippen LogP contribution in [-0.2, 0) is 25.3 Å². The van der Waals surface area contributed by atoms with Crippen LogP contribution in [0.1, 0.15) is 41.3 Å².